The Labute approximate surface area is 124 Å². The number of ether oxygens (including phenoxy) is 1. The Bertz CT molecular complexity index is 548. The van der Waals surface area contributed by atoms with Crippen LogP contribution >= 0.6 is 15.9 Å². The molecule has 6 nitrogen and oxygen atoms in total. The van der Waals surface area contributed by atoms with Crippen LogP contribution in [0.1, 0.15) is 16.8 Å². The average molecular weight is 344 g/mol. The van der Waals surface area contributed by atoms with Crippen molar-refractivity contribution in [3.63, 3.8) is 0 Å². The second-order valence-corrected chi connectivity index (χ2v) is 5.46. The van der Waals surface area contributed by atoms with Gasteiger partial charge in [-0.05, 0) is 18.2 Å². The van der Waals surface area contributed by atoms with Crippen LogP contribution in [0.5, 0.6) is 5.75 Å². The topological polar surface area (TPSA) is 87.1 Å². The molecule has 20 heavy (non-hydrogen) atoms. The lowest BCUT2D eigenvalue weighted by atomic mass is 10.1. The van der Waals surface area contributed by atoms with Crippen LogP contribution in [0.15, 0.2) is 22.7 Å². The van der Waals surface area contributed by atoms with Gasteiger partial charge in [-0.2, -0.15) is 0 Å². The highest BCUT2D eigenvalue weighted by molar-refractivity contribution is 9.10. The van der Waals surface area contributed by atoms with E-state index in [1.165, 1.54) is 12.0 Å². The third-order valence-corrected chi connectivity index (χ3v) is 3.71. The fourth-order valence-corrected chi connectivity index (χ4v) is 2.61. The molecule has 1 aliphatic heterocycles. The molecular formula is C13H14BrNO5. The number of halogens is 1. The van der Waals surface area contributed by atoms with Crippen molar-refractivity contribution in [3.05, 3.63) is 28.2 Å². The van der Waals surface area contributed by atoms with Crippen molar-refractivity contribution in [3.8, 4) is 5.75 Å². The Kier molecular flexibility index (Phi) is 4.29. The van der Waals surface area contributed by atoms with Crippen LogP contribution in [0.3, 0.4) is 0 Å². The molecule has 1 aromatic rings. The van der Waals surface area contributed by atoms with Crippen molar-refractivity contribution in [2.45, 2.75) is 18.6 Å². The minimum absolute atomic E-state index is 0.00895. The standard InChI is InChI=1S/C13H14BrNO5/c1-20-11-4-7(14)2-3-9(11)12(17)15-6-8(16)5-10(15)13(18)19/h2-4,8,10,16H,5-6H2,1H3,(H,18,19)/t8-,10-/m1/s1. The Morgan fingerprint density at radius 3 is 2.75 bits per heavy atom. The minimum Gasteiger partial charge on any atom is -0.496 e. The van der Waals surface area contributed by atoms with E-state index in [1.807, 2.05) is 0 Å². The summed E-state index contributed by atoms with van der Waals surface area (Å²) < 4.78 is 5.89. The molecule has 0 saturated carbocycles. The van der Waals surface area contributed by atoms with Gasteiger partial charge in [0.1, 0.15) is 11.8 Å². The van der Waals surface area contributed by atoms with E-state index in [1.54, 1.807) is 18.2 Å². The van der Waals surface area contributed by atoms with Crippen LogP contribution in [0, 0.1) is 0 Å². The summed E-state index contributed by atoms with van der Waals surface area (Å²) in [5, 5.41) is 18.7. The molecule has 1 fully saturated rings. The first-order valence-electron chi connectivity index (χ1n) is 5.99. The minimum atomic E-state index is -1.12. The van der Waals surface area contributed by atoms with E-state index >= 15 is 0 Å². The van der Waals surface area contributed by atoms with Crippen molar-refractivity contribution < 1.29 is 24.5 Å². The molecule has 0 spiro atoms. The number of aliphatic hydroxyl groups is 1. The summed E-state index contributed by atoms with van der Waals surface area (Å²) in [5.41, 5.74) is 0.274. The number of carboxylic acid groups (broad SMARTS) is 1. The SMILES string of the molecule is COc1cc(Br)ccc1C(=O)N1C[C@H](O)C[C@@H]1C(=O)O. The second kappa shape index (κ2) is 5.80. The number of aliphatic hydroxyl groups excluding tert-OH is 1. The smallest absolute Gasteiger partial charge is 0.326 e. The zero-order valence-corrected chi connectivity index (χ0v) is 12.3. The molecule has 1 aromatic carbocycles. The zero-order valence-electron chi connectivity index (χ0n) is 10.7. The third kappa shape index (κ3) is 2.78. The molecule has 0 aromatic heterocycles. The maximum atomic E-state index is 12.5. The molecule has 108 valence electrons. The normalized spacial score (nSPS) is 21.9. The maximum absolute atomic E-state index is 12.5. The number of likely N-dealkylation sites (tertiary alicyclic amines) is 1. The Morgan fingerprint density at radius 2 is 2.15 bits per heavy atom. The van der Waals surface area contributed by atoms with Crippen LogP contribution in [0.4, 0.5) is 0 Å². The highest BCUT2D eigenvalue weighted by atomic mass is 79.9. The predicted octanol–water partition coefficient (Wildman–Crippen LogP) is 1.12. The fraction of sp³-hybridized carbons (Fsp3) is 0.385. The van der Waals surface area contributed by atoms with E-state index in [0.29, 0.717) is 5.75 Å². The van der Waals surface area contributed by atoms with Crippen LogP contribution in [-0.4, -0.2) is 52.8 Å². The zero-order chi connectivity index (χ0) is 14.9. The number of carbonyl (C=O) groups is 2. The molecule has 0 unspecified atom stereocenters. The maximum Gasteiger partial charge on any atom is 0.326 e. The number of hydrogen-bond acceptors (Lipinski definition) is 4. The van der Waals surface area contributed by atoms with Crippen LogP contribution < -0.4 is 4.74 Å². The monoisotopic (exact) mass is 343 g/mol. The van der Waals surface area contributed by atoms with Gasteiger partial charge >= 0.3 is 5.97 Å². The summed E-state index contributed by atoms with van der Waals surface area (Å²) in [6, 6.07) is 3.87. The van der Waals surface area contributed by atoms with Crippen LogP contribution in [0.25, 0.3) is 0 Å². The second-order valence-electron chi connectivity index (χ2n) is 4.55. The number of nitrogens with zero attached hydrogens (tertiary/aromatic N) is 1. The van der Waals surface area contributed by atoms with Crippen molar-refractivity contribution in [2.75, 3.05) is 13.7 Å². The number of carbonyl (C=O) groups excluding carboxylic acids is 1. The summed E-state index contributed by atoms with van der Waals surface area (Å²) in [6.07, 6.45) is -0.776. The largest absolute Gasteiger partial charge is 0.496 e. The lowest BCUT2D eigenvalue weighted by Crippen LogP contribution is -2.40. The van der Waals surface area contributed by atoms with Gasteiger partial charge in [0, 0.05) is 17.4 Å². The quantitative estimate of drug-likeness (QED) is 0.858. The van der Waals surface area contributed by atoms with Gasteiger partial charge in [-0.25, -0.2) is 4.79 Å². The fourth-order valence-electron chi connectivity index (χ4n) is 2.27. The number of hydrogen-bond donors (Lipinski definition) is 2. The first kappa shape index (κ1) is 14.8. The number of methoxy groups -OCH3 is 1. The molecule has 7 heteroatoms. The first-order chi connectivity index (χ1) is 9.43. The van der Waals surface area contributed by atoms with Gasteiger partial charge in [0.15, 0.2) is 0 Å². The van der Waals surface area contributed by atoms with E-state index < -0.39 is 24.0 Å². The summed E-state index contributed by atoms with van der Waals surface area (Å²) in [5.74, 6) is -1.22. The summed E-state index contributed by atoms with van der Waals surface area (Å²) in [7, 11) is 1.44. The molecule has 0 radical (unpaired) electrons. The third-order valence-electron chi connectivity index (χ3n) is 3.22. The average Bonchev–Trinajstić information content (AvgIpc) is 2.80. The van der Waals surface area contributed by atoms with Gasteiger partial charge in [0.25, 0.3) is 5.91 Å². The highest BCUT2D eigenvalue weighted by Crippen LogP contribution is 2.28. The molecule has 0 bridgehead atoms. The first-order valence-corrected chi connectivity index (χ1v) is 6.78. The molecular weight excluding hydrogens is 330 g/mol. The summed E-state index contributed by atoms with van der Waals surface area (Å²) in [4.78, 5) is 24.8. The number of aliphatic carboxylic acids is 1. The van der Waals surface area contributed by atoms with E-state index in [-0.39, 0.29) is 18.5 Å². The molecule has 1 amide bonds. The number of carboxylic acids is 1. The molecule has 2 atom stereocenters. The molecule has 2 N–H and O–H groups in total. The van der Waals surface area contributed by atoms with Crippen LogP contribution in [0.2, 0.25) is 0 Å². The predicted molar refractivity (Wildman–Crippen MR) is 73.8 cm³/mol. The Hall–Kier alpha value is -1.60. The van der Waals surface area contributed by atoms with Crippen molar-refractivity contribution in [1.29, 1.82) is 0 Å². The van der Waals surface area contributed by atoms with Crippen LogP contribution in [-0.2, 0) is 4.79 Å². The van der Waals surface area contributed by atoms with E-state index in [4.69, 9.17) is 9.84 Å². The van der Waals surface area contributed by atoms with Gasteiger partial charge in [0.05, 0.1) is 18.8 Å². The van der Waals surface area contributed by atoms with Crippen molar-refractivity contribution >= 4 is 27.8 Å². The number of benzene rings is 1. The van der Waals surface area contributed by atoms with E-state index in [2.05, 4.69) is 15.9 Å². The van der Waals surface area contributed by atoms with E-state index in [9.17, 15) is 14.7 Å². The van der Waals surface area contributed by atoms with Gasteiger partial charge in [-0.3, -0.25) is 4.79 Å². The molecule has 1 heterocycles. The van der Waals surface area contributed by atoms with Gasteiger partial charge in [0.2, 0.25) is 0 Å². The van der Waals surface area contributed by atoms with E-state index in [0.717, 1.165) is 4.47 Å². The van der Waals surface area contributed by atoms with Crippen molar-refractivity contribution in [2.24, 2.45) is 0 Å². The molecule has 0 aliphatic carbocycles. The number of β-amino-alcohol motifs (C(OH)–C–C–N with tert-alkyl or cyclic N) is 1. The van der Waals surface area contributed by atoms with Gasteiger partial charge in [-0.1, -0.05) is 15.9 Å². The molecule has 1 saturated heterocycles. The lowest BCUT2D eigenvalue weighted by molar-refractivity contribution is -0.141. The molecule has 2 rings (SSSR count). The summed E-state index contributed by atoms with van der Waals surface area (Å²) >= 11 is 3.28. The highest BCUT2D eigenvalue weighted by Gasteiger charge is 2.39. The lowest BCUT2D eigenvalue weighted by Gasteiger charge is -2.22. The number of amides is 1. The molecule has 1 aliphatic rings. The van der Waals surface area contributed by atoms with Gasteiger partial charge in [-0.15, -0.1) is 0 Å². The van der Waals surface area contributed by atoms with Crippen molar-refractivity contribution in [1.82, 2.24) is 4.90 Å². The Balaban J connectivity index is 2.33. The Morgan fingerprint density at radius 1 is 1.45 bits per heavy atom. The number of rotatable bonds is 3. The summed E-state index contributed by atoms with van der Waals surface area (Å²) in [6.45, 7) is 0.00895. The van der Waals surface area contributed by atoms with Gasteiger partial charge < -0.3 is 19.8 Å².